The van der Waals surface area contributed by atoms with E-state index in [2.05, 4.69) is 4.72 Å². The van der Waals surface area contributed by atoms with Gasteiger partial charge in [-0.1, -0.05) is 12.1 Å². The predicted octanol–water partition coefficient (Wildman–Crippen LogP) is 3.21. The number of nitrogens with zero attached hydrogens (tertiary/aromatic N) is 1. The number of hydrogen-bond donors (Lipinski definition) is 1. The third kappa shape index (κ3) is 5.55. The van der Waals surface area contributed by atoms with Gasteiger partial charge < -0.3 is 14.2 Å². The highest BCUT2D eigenvalue weighted by Gasteiger charge is 2.20. The first-order valence-electron chi connectivity index (χ1n) is 10.2. The Kier molecular flexibility index (Phi) is 6.64. The number of non-ortho nitro benzene ring substituents is 1. The Morgan fingerprint density at radius 2 is 1.66 bits per heavy atom. The Balaban J connectivity index is 1.37. The highest BCUT2D eigenvalue weighted by atomic mass is 32.2. The van der Waals surface area contributed by atoms with E-state index in [1.807, 2.05) is 0 Å². The molecule has 1 aliphatic rings. The molecule has 1 aliphatic heterocycles. The predicted molar refractivity (Wildman–Crippen MR) is 122 cm³/mol. The molecule has 180 valence electrons. The van der Waals surface area contributed by atoms with E-state index in [-0.39, 0.29) is 27.4 Å². The number of nitrogens with one attached hydrogen (secondary N) is 1. The zero-order valence-corrected chi connectivity index (χ0v) is 18.8. The van der Waals surface area contributed by atoms with Crippen LogP contribution < -0.4 is 14.2 Å². The number of carbonyl (C=O) groups excluding carboxylic acids is 2. The number of Topliss-reactive ketones (excluding diaryl/α,β-unsaturated/α-hetero) is 1. The number of hydrogen-bond acceptors (Lipinski definition) is 9. The van der Waals surface area contributed by atoms with Gasteiger partial charge in [0.2, 0.25) is 5.78 Å². The Morgan fingerprint density at radius 1 is 0.943 bits per heavy atom. The molecule has 1 heterocycles. The molecule has 0 fully saturated rings. The molecule has 0 atom stereocenters. The fourth-order valence-electron chi connectivity index (χ4n) is 3.17. The van der Waals surface area contributed by atoms with Crippen molar-refractivity contribution in [2.45, 2.75) is 4.90 Å². The third-order valence-electron chi connectivity index (χ3n) is 4.91. The lowest BCUT2D eigenvalue weighted by atomic mass is 10.1. The van der Waals surface area contributed by atoms with Crippen LogP contribution in [0.25, 0.3) is 0 Å². The van der Waals surface area contributed by atoms with E-state index < -0.39 is 33.3 Å². The van der Waals surface area contributed by atoms with Crippen LogP contribution in [0.1, 0.15) is 20.7 Å². The van der Waals surface area contributed by atoms with Gasteiger partial charge in [-0.15, -0.1) is 0 Å². The maximum Gasteiger partial charge on any atom is 0.338 e. The monoisotopic (exact) mass is 498 g/mol. The molecule has 11 nitrogen and oxygen atoms in total. The standard InChI is InChI=1S/C23H18N2O9S/c26-20(16-2-1-3-18(12-16)25(28)29)14-34-23(27)15-4-6-17(7-5-15)24-35(30,31)19-8-9-21-22(13-19)33-11-10-32-21/h1-9,12-13,24H,10-11,14H2. The molecule has 35 heavy (non-hydrogen) atoms. The lowest BCUT2D eigenvalue weighted by molar-refractivity contribution is -0.384. The van der Waals surface area contributed by atoms with Gasteiger partial charge in [0.15, 0.2) is 18.1 Å². The number of ether oxygens (including phenoxy) is 3. The van der Waals surface area contributed by atoms with Gasteiger partial charge in [0.05, 0.1) is 15.4 Å². The topological polar surface area (TPSA) is 151 Å². The van der Waals surface area contributed by atoms with E-state index in [1.54, 1.807) is 0 Å². The van der Waals surface area contributed by atoms with Gasteiger partial charge in [-0.25, -0.2) is 13.2 Å². The number of anilines is 1. The zero-order chi connectivity index (χ0) is 25.0. The highest BCUT2D eigenvalue weighted by molar-refractivity contribution is 7.92. The molecule has 0 saturated heterocycles. The molecule has 0 aromatic heterocycles. The average molecular weight is 498 g/mol. The summed E-state index contributed by atoms with van der Waals surface area (Å²) >= 11 is 0. The van der Waals surface area contributed by atoms with Crippen LogP contribution in [0.5, 0.6) is 11.5 Å². The van der Waals surface area contributed by atoms with Crippen molar-refractivity contribution in [3.8, 4) is 11.5 Å². The molecule has 3 aromatic carbocycles. The summed E-state index contributed by atoms with van der Waals surface area (Å²) in [6, 6.07) is 14.7. The van der Waals surface area contributed by atoms with Crippen molar-refractivity contribution in [3.63, 3.8) is 0 Å². The summed E-state index contributed by atoms with van der Waals surface area (Å²) in [5, 5.41) is 10.8. The van der Waals surface area contributed by atoms with Gasteiger partial charge in [-0.05, 0) is 36.4 Å². The maximum absolute atomic E-state index is 12.7. The van der Waals surface area contributed by atoms with Crippen molar-refractivity contribution in [2.24, 2.45) is 0 Å². The first kappa shape index (κ1) is 23.7. The summed E-state index contributed by atoms with van der Waals surface area (Å²) in [4.78, 5) is 34.6. The maximum atomic E-state index is 12.7. The summed E-state index contributed by atoms with van der Waals surface area (Å²) in [6.07, 6.45) is 0. The van der Waals surface area contributed by atoms with E-state index in [1.165, 1.54) is 60.7 Å². The van der Waals surface area contributed by atoms with Crippen molar-refractivity contribution < 1.29 is 37.1 Å². The minimum atomic E-state index is -3.94. The molecule has 3 aromatic rings. The van der Waals surface area contributed by atoms with Crippen LogP contribution in [0.15, 0.2) is 71.6 Å². The second-order valence-corrected chi connectivity index (χ2v) is 8.98. The summed E-state index contributed by atoms with van der Waals surface area (Å²) < 4.78 is 43.6. The Hall–Kier alpha value is -4.45. The van der Waals surface area contributed by atoms with Crippen molar-refractivity contribution >= 4 is 33.2 Å². The van der Waals surface area contributed by atoms with Crippen LogP contribution in [0.2, 0.25) is 0 Å². The zero-order valence-electron chi connectivity index (χ0n) is 18.0. The molecule has 0 saturated carbocycles. The van der Waals surface area contributed by atoms with Crippen LogP contribution in [0.4, 0.5) is 11.4 Å². The second kappa shape index (κ2) is 9.81. The van der Waals surface area contributed by atoms with Crippen LogP contribution >= 0.6 is 0 Å². The molecule has 0 aliphatic carbocycles. The molecule has 0 amide bonds. The third-order valence-corrected chi connectivity index (χ3v) is 6.29. The van der Waals surface area contributed by atoms with E-state index in [4.69, 9.17) is 14.2 Å². The van der Waals surface area contributed by atoms with E-state index in [9.17, 15) is 28.1 Å². The van der Waals surface area contributed by atoms with E-state index in [0.717, 1.165) is 6.07 Å². The molecule has 0 bridgehead atoms. The number of carbonyl (C=O) groups is 2. The van der Waals surface area contributed by atoms with Crippen LogP contribution in [0.3, 0.4) is 0 Å². The number of benzene rings is 3. The molecular weight excluding hydrogens is 480 g/mol. The van der Waals surface area contributed by atoms with Gasteiger partial charge in [-0.2, -0.15) is 0 Å². The molecule has 0 radical (unpaired) electrons. The number of esters is 1. The molecule has 0 unspecified atom stereocenters. The average Bonchev–Trinajstić information content (AvgIpc) is 2.87. The lowest BCUT2D eigenvalue weighted by Crippen LogP contribution is -2.17. The van der Waals surface area contributed by atoms with Gasteiger partial charge in [0.1, 0.15) is 13.2 Å². The van der Waals surface area contributed by atoms with E-state index >= 15 is 0 Å². The second-order valence-electron chi connectivity index (χ2n) is 7.30. The quantitative estimate of drug-likeness (QED) is 0.214. The molecule has 1 N–H and O–H groups in total. The van der Waals surface area contributed by atoms with E-state index in [0.29, 0.717) is 24.7 Å². The highest BCUT2D eigenvalue weighted by Crippen LogP contribution is 2.32. The van der Waals surface area contributed by atoms with Crippen molar-refractivity contribution in [3.05, 3.63) is 88.0 Å². The SMILES string of the molecule is O=C(COC(=O)c1ccc(NS(=O)(=O)c2ccc3c(c2)OCCO3)cc1)c1cccc([N+](=O)[O-])c1. The van der Waals surface area contributed by atoms with Crippen LogP contribution in [-0.2, 0) is 14.8 Å². The summed E-state index contributed by atoms with van der Waals surface area (Å²) in [7, 11) is -3.94. The Morgan fingerprint density at radius 3 is 2.37 bits per heavy atom. The minimum absolute atomic E-state index is 0.0232. The largest absolute Gasteiger partial charge is 0.486 e. The molecular formula is C23H18N2O9S. The summed E-state index contributed by atoms with van der Waals surface area (Å²) in [5.74, 6) is -0.630. The fraction of sp³-hybridized carbons (Fsp3) is 0.130. The van der Waals surface area contributed by atoms with Gasteiger partial charge in [0.25, 0.3) is 15.7 Å². The number of nitro benzene ring substituents is 1. The number of sulfonamides is 1. The van der Waals surface area contributed by atoms with Gasteiger partial charge in [-0.3, -0.25) is 19.6 Å². The minimum Gasteiger partial charge on any atom is -0.486 e. The summed E-state index contributed by atoms with van der Waals surface area (Å²) in [5.41, 5.74) is 0.0654. The normalized spacial score (nSPS) is 12.5. The summed E-state index contributed by atoms with van der Waals surface area (Å²) in [6.45, 7) is 0.0892. The van der Waals surface area contributed by atoms with Gasteiger partial charge in [0, 0.05) is 29.4 Å². The van der Waals surface area contributed by atoms with Crippen LogP contribution in [-0.4, -0.2) is 44.9 Å². The molecule has 0 spiro atoms. The first-order valence-corrected chi connectivity index (χ1v) is 11.7. The fourth-order valence-corrected chi connectivity index (χ4v) is 4.24. The molecule has 4 rings (SSSR count). The Bertz CT molecular complexity index is 1400. The van der Waals surface area contributed by atoms with Gasteiger partial charge >= 0.3 is 5.97 Å². The van der Waals surface area contributed by atoms with Crippen molar-refractivity contribution in [2.75, 3.05) is 24.5 Å². The van der Waals surface area contributed by atoms with Crippen LogP contribution in [0, 0.1) is 10.1 Å². The number of ketones is 1. The number of nitro groups is 1. The Labute approximate surface area is 199 Å². The smallest absolute Gasteiger partial charge is 0.338 e. The molecule has 12 heteroatoms. The number of fused-ring (bicyclic) bond motifs is 1. The number of rotatable bonds is 8. The first-order chi connectivity index (χ1) is 16.7. The van der Waals surface area contributed by atoms with Crippen molar-refractivity contribution in [1.82, 2.24) is 0 Å². The lowest BCUT2D eigenvalue weighted by Gasteiger charge is -2.19. The van der Waals surface area contributed by atoms with Crippen molar-refractivity contribution in [1.29, 1.82) is 0 Å².